The predicted octanol–water partition coefficient (Wildman–Crippen LogP) is 2.69. The maximum atomic E-state index is 5.48. The topological polar surface area (TPSA) is 82.5 Å². The fraction of sp³-hybridized carbons (Fsp3) is 0.250. The summed E-state index contributed by atoms with van der Waals surface area (Å²) >= 11 is 6.87. The summed E-state index contributed by atoms with van der Waals surface area (Å²) in [6, 6.07) is 2.08. The minimum Gasteiger partial charge on any atom is -0.369 e. The monoisotopic (exact) mass is 387 g/mol. The van der Waals surface area contributed by atoms with Crippen molar-refractivity contribution in [1.82, 2.24) is 20.3 Å². The molecule has 0 aromatic carbocycles. The zero-order chi connectivity index (χ0) is 13.7. The highest BCUT2D eigenvalue weighted by Gasteiger charge is 2.01. The highest BCUT2D eigenvalue weighted by Crippen LogP contribution is 2.23. The van der Waals surface area contributed by atoms with Crippen LogP contribution < -0.4 is 11.1 Å². The van der Waals surface area contributed by atoms with E-state index in [4.69, 9.17) is 5.73 Å². The van der Waals surface area contributed by atoms with Crippen molar-refractivity contribution < 1.29 is 0 Å². The van der Waals surface area contributed by atoms with E-state index in [0.717, 1.165) is 34.3 Å². The Bertz CT molecular complexity index is 539. The smallest absolute Gasteiger partial charge is 0.197 e. The van der Waals surface area contributed by atoms with E-state index in [1.54, 1.807) is 6.20 Å². The van der Waals surface area contributed by atoms with E-state index < -0.39 is 0 Å². The molecule has 2 aromatic heterocycles. The standard InChI is InChI=1S/C12H15Br2N5/c13-10-6-8(18-11(10)14)3-5-16-4-1-2-9-7-17-12(15)19-9/h1-2,6-7,16,18H,3-5H2,(H3,15,17,19). The molecule has 19 heavy (non-hydrogen) atoms. The van der Waals surface area contributed by atoms with Gasteiger partial charge in [0.1, 0.15) is 0 Å². The van der Waals surface area contributed by atoms with Crippen LogP contribution in [-0.4, -0.2) is 28.0 Å². The average Bonchev–Trinajstić information content (AvgIpc) is 2.91. The van der Waals surface area contributed by atoms with Crippen LogP contribution in [0.2, 0.25) is 0 Å². The first kappa shape index (κ1) is 14.4. The third-order valence-corrected chi connectivity index (χ3v) is 4.31. The lowest BCUT2D eigenvalue weighted by molar-refractivity contribution is 0.736. The molecule has 0 aliphatic carbocycles. The predicted molar refractivity (Wildman–Crippen MR) is 84.8 cm³/mol. The molecule has 2 aromatic rings. The molecular weight excluding hydrogens is 374 g/mol. The van der Waals surface area contributed by atoms with Gasteiger partial charge in [-0.25, -0.2) is 4.98 Å². The number of H-pyrrole nitrogens is 2. The second-order valence-corrected chi connectivity index (χ2v) is 5.68. The molecular formula is C12H15Br2N5. The number of halogens is 2. The molecule has 0 radical (unpaired) electrons. The number of hydrogen-bond acceptors (Lipinski definition) is 3. The summed E-state index contributed by atoms with van der Waals surface area (Å²) in [6.07, 6.45) is 6.65. The molecule has 5 nitrogen and oxygen atoms in total. The molecule has 0 spiro atoms. The molecule has 7 heteroatoms. The van der Waals surface area contributed by atoms with Crippen LogP contribution in [0.3, 0.4) is 0 Å². The van der Waals surface area contributed by atoms with Crippen LogP contribution in [0.15, 0.2) is 27.4 Å². The quantitative estimate of drug-likeness (QED) is 0.574. The van der Waals surface area contributed by atoms with E-state index in [2.05, 4.69) is 58.2 Å². The number of nitrogen functional groups attached to an aromatic ring is 1. The van der Waals surface area contributed by atoms with Crippen molar-refractivity contribution in [3.8, 4) is 0 Å². The SMILES string of the molecule is Nc1ncc(C=CCNCCc2cc(Br)c(Br)[nH]2)[nH]1. The van der Waals surface area contributed by atoms with Crippen molar-refractivity contribution in [2.75, 3.05) is 18.8 Å². The highest BCUT2D eigenvalue weighted by atomic mass is 79.9. The summed E-state index contributed by atoms with van der Waals surface area (Å²) in [5.41, 5.74) is 7.59. The Labute approximate surface area is 128 Å². The lowest BCUT2D eigenvalue weighted by Crippen LogP contribution is -2.17. The van der Waals surface area contributed by atoms with Gasteiger partial charge in [0, 0.05) is 29.7 Å². The third kappa shape index (κ3) is 4.52. The summed E-state index contributed by atoms with van der Waals surface area (Å²) in [6.45, 7) is 1.72. The lowest BCUT2D eigenvalue weighted by Gasteiger charge is -1.99. The van der Waals surface area contributed by atoms with E-state index in [9.17, 15) is 0 Å². The summed E-state index contributed by atoms with van der Waals surface area (Å²) in [5.74, 6) is 0.440. The van der Waals surface area contributed by atoms with Crippen molar-refractivity contribution in [3.05, 3.63) is 38.8 Å². The zero-order valence-electron chi connectivity index (χ0n) is 10.2. The minimum atomic E-state index is 0.440. The molecule has 0 bridgehead atoms. The van der Waals surface area contributed by atoms with Gasteiger partial charge in [-0.05, 0) is 44.0 Å². The van der Waals surface area contributed by atoms with E-state index >= 15 is 0 Å². The van der Waals surface area contributed by atoms with Crippen LogP contribution in [0.5, 0.6) is 0 Å². The number of nitrogens with zero attached hydrogens (tertiary/aromatic N) is 1. The first-order valence-corrected chi connectivity index (χ1v) is 7.44. The number of hydrogen-bond donors (Lipinski definition) is 4. The van der Waals surface area contributed by atoms with E-state index in [-0.39, 0.29) is 0 Å². The Balaban J connectivity index is 1.66. The lowest BCUT2D eigenvalue weighted by atomic mass is 10.3. The van der Waals surface area contributed by atoms with Gasteiger partial charge in [0.25, 0.3) is 0 Å². The Morgan fingerprint density at radius 3 is 2.84 bits per heavy atom. The summed E-state index contributed by atoms with van der Waals surface area (Å²) in [4.78, 5) is 10.1. The highest BCUT2D eigenvalue weighted by molar-refractivity contribution is 9.13. The molecule has 0 unspecified atom stereocenters. The number of anilines is 1. The first-order chi connectivity index (χ1) is 9.15. The van der Waals surface area contributed by atoms with Gasteiger partial charge < -0.3 is 21.0 Å². The van der Waals surface area contributed by atoms with Gasteiger partial charge in [-0.1, -0.05) is 6.08 Å². The zero-order valence-corrected chi connectivity index (χ0v) is 13.4. The van der Waals surface area contributed by atoms with Gasteiger partial charge in [-0.15, -0.1) is 0 Å². The second kappa shape index (κ2) is 6.93. The number of nitrogens with two attached hydrogens (primary N) is 1. The molecule has 0 saturated carbocycles. The van der Waals surface area contributed by atoms with Gasteiger partial charge in [-0.2, -0.15) is 0 Å². The molecule has 0 aliphatic rings. The molecule has 0 amide bonds. The Morgan fingerprint density at radius 1 is 1.37 bits per heavy atom. The maximum Gasteiger partial charge on any atom is 0.197 e. The fourth-order valence-corrected chi connectivity index (χ4v) is 2.36. The van der Waals surface area contributed by atoms with Crippen LogP contribution in [-0.2, 0) is 6.42 Å². The van der Waals surface area contributed by atoms with Gasteiger partial charge >= 0.3 is 0 Å². The summed E-state index contributed by atoms with van der Waals surface area (Å²) < 4.78 is 2.04. The van der Waals surface area contributed by atoms with Crippen LogP contribution in [0, 0.1) is 0 Å². The van der Waals surface area contributed by atoms with Gasteiger partial charge in [0.2, 0.25) is 0 Å². The fourth-order valence-electron chi connectivity index (χ4n) is 1.62. The van der Waals surface area contributed by atoms with Gasteiger partial charge in [0.15, 0.2) is 5.95 Å². The van der Waals surface area contributed by atoms with Crippen molar-refractivity contribution in [2.24, 2.45) is 0 Å². The van der Waals surface area contributed by atoms with Crippen molar-refractivity contribution >= 4 is 43.9 Å². The molecule has 5 N–H and O–H groups in total. The van der Waals surface area contributed by atoms with E-state index in [0.29, 0.717) is 5.95 Å². The maximum absolute atomic E-state index is 5.48. The van der Waals surface area contributed by atoms with Crippen molar-refractivity contribution in [1.29, 1.82) is 0 Å². The van der Waals surface area contributed by atoms with Crippen LogP contribution in [0.25, 0.3) is 6.08 Å². The molecule has 0 fully saturated rings. The van der Waals surface area contributed by atoms with Crippen LogP contribution >= 0.6 is 31.9 Å². The molecule has 0 saturated heterocycles. The average molecular weight is 389 g/mol. The molecule has 0 atom stereocenters. The van der Waals surface area contributed by atoms with E-state index in [1.807, 2.05) is 12.2 Å². The molecule has 2 rings (SSSR count). The van der Waals surface area contributed by atoms with Crippen molar-refractivity contribution in [3.63, 3.8) is 0 Å². The molecule has 102 valence electrons. The molecule has 0 aliphatic heterocycles. The van der Waals surface area contributed by atoms with Crippen LogP contribution in [0.1, 0.15) is 11.4 Å². The summed E-state index contributed by atoms with van der Waals surface area (Å²) in [7, 11) is 0. The summed E-state index contributed by atoms with van der Waals surface area (Å²) in [5, 5.41) is 3.34. The molecule has 2 heterocycles. The Hall–Kier alpha value is -1.05. The first-order valence-electron chi connectivity index (χ1n) is 5.86. The number of aromatic nitrogens is 3. The van der Waals surface area contributed by atoms with Gasteiger partial charge in [-0.3, -0.25) is 0 Å². The number of imidazole rings is 1. The number of rotatable bonds is 6. The minimum absolute atomic E-state index is 0.440. The Morgan fingerprint density at radius 2 is 2.21 bits per heavy atom. The van der Waals surface area contributed by atoms with Gasteiger partial charge in [0.05, 0.1) is 16.5 Å². The van der Waals surface area contributed by atoms with Crippen molar-refractivity contribution in [2.45, 2.75) is 6.42 Å². The normalized spacial score (nSPS) is 11.5. The Kier molecular flexibility index (Phi) is 5.24. The largest absolute Gasteiger partial charge is 0.369 e. The second-order valence-electron chi connectivity index (χ2n) is 4.04. The third-order valence-electron chi connectivity index (χ3n) is 2.53. The number of aromatic amines is 2. The van der Waals surface area contributed by atoms with E-state index in [1.165, 1.54) is 5.69 Å². The van der Waals surface area contributed by atoms with Crippen LogP contribution in [0.4, 0.5) is 5.95 Å². The number of nitrogens with one attached hydrogen (secondary N) is 3.